The number of ether oxygens (including phenoxy) is 2. The first-order valence-electron chi connectivity index (χ1n) is 9.26. The lowest BCUT2D eigenvalue weighted by molar-refractivity contribution is -0.134. The first kappa shape index (κ1) is 18.2. The van der Waals surface area contributed by atoms with Crippen molar-refractivity contribution in [1.29, 1.82) is 0 Å². The first-order valence-corrected chi connectivity index (χ1v) is 9.26. The van der Waals surface area contributed by atoms with Gasteiger partial charge in [0.05, 0.1) is 19.6 Å². The molecule has 3 rings (SSSR count). The number of carbonyl (C=O) groups excluding carboxylic acids is 1. The third-order valence-corrected chi connectivity index (χ3v) is 5.79. The van der Waals surface area contributed by atoms with E-state index in [1.54, 1.807) is 7.11 Å². The second kappa shape index (κ2) is 8.19. The summed E-state index contributed by atoms with van der Waals surface area (Å²) in [6, 6.07) is 9.68. The fourth-order valence-electron chi connectivity index (χ4n) is 4.43. The molecule has 0 unspecified atom stereocenters. The molecule has 2 aliphatic heterocycles. The van der Waals surface area contributed by atoms with Gasteiger partial charge in [-0.05, 0) is 37.4 Å². The van der Waals surface area contributed by atoms with E-state index in [0.717, 1.165) is 51.4 Å². The number of hydrogen-bond donors (Lipinski definition) is 0. The van der Waals surface area contributed by atoms with Gasteiger partial charge in [0.25, 0.3) is 0 Å². The summed E-state index contributed by atoms with van der Waals surface area (Å²) in [7, 11) is 3.98. The second-order valence-corrected chi connectivity index (χ2v) is 7.50. The predicted octanol–water partition coefficient (Wildman–Crippen LogP) is 2.27. The number of piperidine rings is 1. The lowest BCUT2D eigenvalue weighted by Crippen LogP contribution is -2.47. The van der Waals surface area contributed by atoms with Crippen LogP contribution in [0.4, 0.5) is 0 Å². The van der Waals surface area contributed by atoms with Gasteiger partial charge in [-0.15, -0.1) is 0 Å². The molecule has 0 aliphatic carbocycles. The van der Waals surface area contributed by atoms with Crippen LogP contribution in [-0.2, 0) is 9.53 Å². The SMILES string of the molecule is COC[C@H]1CN(C)CC12CCN(C(=O)CCOc1ccccc1)CC2. The monoisotopic (exact) mass is 346 g/mol. The number of benzene rings is 1. The molecule has 2 saturated heterocycles. The zero-order chi connectivity index (χ0) is 17.7. The molecule has 1 spiro atoms. The van der Waals surface area contributed by atoms with Gasteiger partial charge in [-0.25, -0.2) is 0 Å². The molecule has 1 aromatic rings. The minimum absolute atomic E-state index is 0.209. The van der Waals surface area contributed by atoms with E-state index in [-0.39, 0.29) is 5.91 Å². The number of nitrogens with zero attached hydrogens (tertiary/aromatic N) is 2. The van der Waals surface area contributed by atoms with Crippen LogP contribution in [0.25, 0.3) is 0 Å². The Morgan fingerprint density at radius 1 is 1.24 bits per heavy atom. The number of rotatable bonds is 6. The van der Waals surface area contributed by atoms with Gasteiger partial charge in [0.15, 0.2) is 0 Å². The molecule has 0 bridgehead atoms. The number of amides is 1. The average Bonchev–Trinajstić information content (AvgIpc) is 2.91. The van der Waals surface area contributed by atoms with Gasteiger partial charge in [0.2, 0.25) is 5.91 Å². The van der Waals surface area contributed by atoms with E-state index in [9.17, 15) is 4.79 Å². The lowest BCUT2D eigenvalue weighted by Gasteiger charge is -2.42. The van der Waals surface area contributed by atoms with Crippen LogP contribution >= 0.6 is 0 Å². The van der Waals surface area contributed by atoms with Crippen LogP contribution in [-0.4, -0.2) is 69.3 Å². The third-order valence-electron chi connectivity index (χ3n) is 5.79. The van der Waals surface area contributed by atoms with E-state index < -0.39 is 0 Å². The smallest absolute Gasteiger partial charge is 0.225 e. The average molecular weight is 346 g/mol. The van der Waals surface area contributed by atoms with Crippen molar-refractivity contribution in [3.8, 4) is 5.75 Å². The summed E-state index contributed by atoms with van der Waals surface area (Å²) in [5.41, 5.74) is 0.322. The van der Waals surface area contributed by atoms with Crippen molar-refractivity contribution in [3.05, 3.63) is 30.3 Å². The van der Waals surface area contributed by atoms with Crippen LogP contribution in [0.3, 0.4) is 0 Å². The summed E-state index contributed by atoms with van der Waals surface area (Å²) in [4.78, 5) is 16.9. The van der Waals surface area contributed by atoms with Crippen LogP contribution in [0.1, 0.15) is 19.3 Å². The fourth-order valence-corrected chi connectivity index (χ4v) is 4.43. The van der Waals surface area contributed by atoms with E-state index in [4.69, 9.17) is 9.47 Å². The number of likely N-dealkylation sites (tertiary alicyclic amines) is 2. The van der Waals surface area contributed by atoms with Crippen LogP contribution in [0.15, 0.2) is 30.3 Å². The normalized spacial score (nSPS) is 23.1. The van der Waals surface area contributed by atoms with E-state index in [0.29, 0.717) is 24.4 Å². The molecule has 1 atom stereocenters. The van der Waals surface area contributed by atoms with Gasteiger partial charge in [0, 0.05) is 39.2 Å². The lowest BCUT2D eigenvalue weighted by atomic mass is 9.71. The van der Waals surface area contributed by atoms with Gasteiger partial charge in [-0.1, -0.05) is 18.2 Å². The van der Waals surface area contributed by atoms with Crippen molar-refractivity contribution >= 4 is 5.91 Å². The zero-order valence-corrected chi connectivity index (χ0v) is 15.4. The molecule has 0 saturated carbocycles. The maximum Gasteiger partial charge on any atom is 0.225 e. The molecule has 0 aromatic heterocycles. The van der Waals surface area contributed by atoms with Gasteiger partial charge in [-0.2, -0.15) is 0 Å². The fraction of sp³-hybridized carbons (Fsp3) is 0.650. The van der Waals surface area contributed by atoms with Crippen molar-refractivity contribution in [2.75, 3.05) is 53.6 Å². The van der Waals surface area contributed by atoms with Crippen LogP contribution in [0.5, 0.6) is 5.75 Å². The molecule has 0 N–H and O–H groups in total. The molecule has 2 fully saturated rings. The van der Waals surface area contributed by atoms with Crippen LogP contribution in [0, 0.1) is 11.3 Å². The van der Waals surface area contributed by atoms with E-state index in [2.05, 4.69) is 11.9 Å². The Morgan fingerprint density at radius 2 is 1.96 bits per heavy atom. The minimum atomic E-state index is 0.209. The van der Waals surface area contributed by atoms with Crippen molar-refractivity contribution in [1.82, 2.24) is 9.80 Å². The molecule has 138 valence electrons. The minimum Gasteiger partial charge on any atom is -0.493 e. The highest BCUT2D eigenvalue weighted by Gasteiger charge is 2.47. The second-order valence-electron chi connectivity index (χ2n) is 7.50. The Morgan fingerprint density at radius 3 is 2.64 bits per heavy atom. The Labute approximate surface area is 150 Å². The Balaban J connectivity index is 1.46. The molecular formula is C20H30N2O3. The molecule has 2 heterocycles. The van der Waals surface area contributed by atoms with Crippen LogP contribution in [0.2, 0.25) is 0 Å². The predicted molar refractivity (Wildman–Crippen MR) is 97.7 cm³/mol. The maximum absolute atomic E-state index is 12.5. The van der Waals surface area contributed by atoms with E-state index in [1.807, 2.05) is 35.2 Å². The molecule has 25 heavy (non-hydrogen) atoms. The Kier molecular flexibility index (Phi) is 5.97. The van der Waals surface area contributed by atoms with E-state index in [1.165, 1.54) is 0 Å². The highest BCUT2D eigenvalue weighted by atomic mass is 16.5. The first-order chi connectivity index (χ1) is 12.1. The summed E-state index contributed by atoms with van der Waals surface area (Å²) in [5, 5.41) is 0. The molecule has 1 aromatic carbocycles. The van der Waals surface area contributed by atoms with Crippen molar-refractivity contribution in [3.63, 3.8) is 0 Å². The standard InChI is InChI=1S/C20H30N2O3/c1-21-14-17(15-24-2)20(16-21)9-11-22(12-10-20)19(23)8-13-25-18-6-4-3-5-7-18/h3-7,17H,8-16H2,1-2H3/t17-/m1/s1. The molecule has 1 amide bonds. The van der Waals surface area contributed by atoms with Gasteiger partial charge in [-0.3, -0.25) is 4.79 Å². The quantitative estimate of drug-likeness (QED) is 0.792. The number of hydrogen-bond acceptors (Lipinski definition) is 4. The van der Waals surface area contributed by atoms with Gasteiger partial charge >= 0.3 is 0 Å². The Bertz CT molecular complexity index is 555. The number of carbonyl (C=O) groups is 1. The van der Waals surface area contributed by atoms with Gasteiger partial charge in [0.1, 0.15) is 5.75 Å². The number of methoxy groups -OCH3 is 1. The summed E-state index contributed by atoms with van der Waals surface area (Å²) >= 11 is 0. The number of para-hydroxylation sites is 1. The topological polar surface area (TPSA) is 42.0 Å². The summed E-state index contributed by atoms with van der Waals surface area (Å²) in [6.45, 7) is 5.21. The van der Waals surface area contributed by atoms with Crippen LogP contribution < -0.4 is 4.74 Å². The largest absolute Gasteiger partial charge is 0.493 e. The molecule has 5 heteroatoms. The summed E-state index contributed by atoms with van der Waals surface area (Å²) < 4.78 is 11.1. The zero-order valence-electron chi connectivity index (χ0n) is 15.4. The van der Waals surface area contributed by atoms with Crippen molar-refractivity contribution < 1.29 is 14.3 Å². The van der Waals surface area contributed by atoms with Crippen molar-refractivity contribution in [2.45, 2.75) is 19.3 Å². The molecule has 5 nitrogen and oxygen atoms in total. The third kappa shape index (κ3) is 4.33. The summed E-state index contributed by atoms with van der Waals surface area (Å²) in [5.74, 6) is 1.62. The van der Waals surface area contributed by atoms with E-state index >= 15 is 0 Å². The molecular weight excluding hydrogens is 316 g/mol. The van der Waals surface area contributed by atoms with Crippen molar-refractivity contribution in [2.24, 2.45) is 11.3 Å². The Hall–Kier alpha value is -1.59. The molecule has 2 aliphatic rings. The maximum atomic E-state index is 12.5. The summed E-state index contributed by atoms with van der Waals surface area (Å²) in [6.07, 6.45) is 2.61. The highest BCUT2D eigenvalue weighted by Crippen LogP contribution is 2.44. The van der Waals surface area contributed by atoms with Gasteiger partial charge < -0.3 is 19.3 Å². The molecule has 0 radical (unpaired) electrons. The highest BCUT2D eigenvalue weighted by molar-refractivity contribution is 5.76.